The minimum Gasteiger partial charge on any atom is -0.302 e. The van der Waals surface area contributed by atoms with Gasteiger partial charge in [-0.15, -0.1) is 0 Å². The van der Waals surface area contributed by atoms with Crippen LogP contribution >= 0.6 is 0 Å². The minimum absolute atomic E-state index is 0.847. The number of rotatable bonds is 3. The van der Waals surface area contributed by atoms with E-state index in [1.165, 1.54) is 44.5 Å². The van der Waals surface area contributed by atoms with E-state index in [-0.39, 0.29) is 0 Å². The summed E-state index contributed by atoms with van der Waals surface area (Å²) in [5, 5.41) is 0. The predicted molar refractivity (Wildman–Crippen MR) is 71.9 cm³/mol. The number of fused-ring (bicyclic) bond motifs is 1. The molecule has 1 aliphatic heterocycles. The van der Waals surface area contributed by atoms with Crippen molar-refractivity contribution in [2.24, 2.45) is 11.8 Å². The van der Waals surface area contributed by atoms with E-state index >= 15 is 0 Å². The maximum absolute atomic E-state index is 2.65. The Morgan fingerprint density at radius 3 is 2.82 bits per heavy atom. The third-order valence-corrected chi connectivity index (χ3v) is 4.21. The second kappa shape index (κ2) is 5.05. The van der Waals surface area contributed by atoms with Gasteiger partial charge in [-0.3, -0.25) is 0 Å². The van der Waals surface area contributed by atoms with Crippen molar-refractivity contribution < 1.29 is 0 Å². The average Bonchev–Trinajstić information content (AvgIpc) is 2.80. The van der Waals surface area contributed by atoms with Crippen molar-refractivity contribution in [1.29, 1.82) is 0 Å². The molecule has 0 N–H and O–H groups in total. The van der Waals surface area contributed by atoms with E-state index in [4.69, 9.17) is 0 Å². The molecule has 0 aromatic heterocycles. The first-order valence-electron chi connectivity index (χ1n) is 6.85. The molecule has 1 aromatic rings. The quantitative estimate of drug-likeness (QED) is 0.717. The van der Waals surface area contributed by atoms with Crippen LogP contribution in [0.5, 0.6) is 0 Å². The average molecular weight is 227 g/mol. The summed E-state index contributed by atoms with van der Waals surface area (Å²) in [6.07, 6.45) is 8.74. The van der Waals surface area contributed by atoms with Gasteiger partial charge in [0, 0.05) is 19.6 Å². The van der Waals surface area contributed by atoms with Crippen molar-refractivity contribution in [3.05, 3.63) is 48.0 Å². The lowest BCUT2D eigenvalue weighted by Gasteiger charge is -2.17. The molecule has 1 saturated heterocycles. The highest BCUT2D eigenvalue weighted by atomic mass is 15.1. The molecular formula is C16H21N. The van der Waals surface area contributed by atoms with Gasteiger partial charge in [-0.25, -0.2) is 0 Å². The van der Waals surface area contributed by atoms with Crippen molar-refractivity contribution in [1.82, 2.24) is 4.90 Å². The maximum Gasteiger partial charge on any atom is 0.00477 e. The molecule has 2 aliphatic rings. The molecule has 0 bridgehead atoms. The molecule has 17 heavy (non-hydrogen) atoms. The molecule has 90 valence electrons. The number of nitrogens with zero attached hydrogens (tertiary/aromatic N) is 1. The first-order chi connectivity index (χ1) is 8.42. The molecular weight excluding hydrogens is 206 g/mol. The lowest BCUT2D eigenvalue weighted by atomic mass is 9.87. The summed E-state index contributed by atoms with van der Waals surface area (Å²) < 4.78 is 0. The normalized spacial score (nSPS) is 28.2. The number of allylic oxidation sites excluding steroid dienone is 1. The molecule has 1 aromatic carbocycles. The molecule has 1 nitrogen and oxygen atoms in total. The molecule has 0 amide bonds. The van der Waals surface area contributed by atoms with Gasteiger partial charge in [-0.05, 0) is 36.7 Å². The van der Waals surface area contributed by atoms with Gasteiger partial charge in [0.25, 0.3) is 0 Å². The Balaban J connectivity index is 1.53. The highest BCUT2D eigenvalue weighted by molar-refractivity contribution is 5.15. The summed E-state index contributed by atoms with van der Waals surface area (Å²) in [6.45, 7) is 3.83. The third kappa shape index (κ3) is 2.61. The van der Waals surface area contributed by atoms with Crippen LogP contribution < -0.4 is 0 Å². The smallest absolute Gasteiger partial charge is 0.00477 e. The maximum atomic E-state index is 2.65. The first kappa shape index (κ1) is 11.0. The van der Waals surface area contributed by atoms with Crippen LogP contribution in [0.1, 0.15) is 18.4 Å². The van der Waals surface area contributed by atoms with Crippen LogP contribution in [0.15, 0.2) is 42.5 Å². The molecule has 3 rings (SSSR count). The first-order valence-corrected chi connectivity index (χ1v) is 6.85. The highest BCUT2D eigenvalue weighted by Crippen LogP contribution is 2.31. The highest BCUT2D eigenvalue weighted by Gasteiger charge is 2.31. The van der Waals surface area contributed by atoms with Crippen molar-refractivity contribution in [2.45, 2.75) is 19.3 Å². The van der Waals surface area contributed by atoms with Crippen LogP contribution in [0.4, 0.5) is 0 Å². The molecule has 0 radical (unpaired) electrons. The Hall–Kier alpha value is -1.08. The SMILES string of the molecule is C1=C[C@@H]2CN(CCc3ccccc3)C[C@@H]2CC1. The molecule has 1 heteroatoms. The molecule has 1 fully saturated rings. The monoisotopic (exact) mass is 227 g/mol. The van der Waals surface area contributed by atoms with Gasteiger partial charge in [-0.1, -0.05) is 42.5 Å². The topological polar surface area (TPSA) is 3.24 Å². The van der Waals surface area contributed by atoms with Gasteiger partial charge in [0.2, 0.25) is 0 Å². The Morgan fingerprint density at radius 1 is 1.12 bits per heavy atom. The predicted octanol–water partition coefficient (Wildman–Crippen LogP) is 3.13. The standard InChI is InChI=1S/C16H21N/c1-2-6-14(7-3-1)10-11-17-12-15-8-4-5-9-16(15)13-17/h1-4,6-8,15-16H,5,9-13H2/t15-,16+/m1/s1. The van der Waals surface area contributed by atoms with Gasteiger partial charge in [-0.2, -0.15) is 0 Å². The van der Waals surface area contributed by atoms with Gasteiger partial charge >= 0.3 is 0 Å². The fourth-order valence-electron chi connectivity index (χ4n) is 3.21. The Morgan fingerprint density at radius 2 is 2.00 bits per heavy atom. The van der Waals surface area contributed by atoms with Gasteiger partial charge in [0.1, 0.15) is 0 Å². The molecule has 0 unspecified atom stereocenters. The summed E-state index contributed by atoms with van der Waals surface area (Å²) in [5.74, 6) is 1.79. The molecule has 1 heterocycles. The van der Waals surface area contributed by atoms with Crippen molar-refractivity contribution >= 4 is 0 Å². The second-order valence-electron chi connectivity index (χ2n) is 5.42. The zero-order valence-electron chi connectivity index (χ0n) is 10.4. The van der Waals surface area contributed by atoms with Crippen LogP contribution in [0.2, 0.25) is 0 Å². The van der Waals surface area contributed by atoms with E-state index in [1.54, 1.807) is 0 Å². The van der Waals surface area contributed by atoms with Crippen molar-refractivity contribution in [2.75, 3.05) is 19.6 Å². The van der Waals surface area contributed by atoms with Crippen LogP contribution in [-0.4, -0.2) is 24.5 Å². The van der Waals surface area contributed by atoms with Crippen LogP contribution in [-0.2, 0) is 6.42 Å². The molecule has 2 atom stereocenters. The molecule has 0 saturated carbocycles. The summed E-state index contributed by atoms with van der Waals surface area (Å²) in [6, 6.07) is 10.9. The van der Waals surface area contributed by atoms with Gasteiger partial charge in [0.05, 0.1) is 0 Å². The number of hydrogen-bond acceptors (Lipinski definition) is 1. The van der Waals surface area contributed by atoms with E-state index in [0.717, 1.165) is 11.8 Å². The van der Waals surface area contributed by atoms with Crippen LogP contribution in [0.25, 0.3) is 0 Å². The van der Waals surface area contributed by atoms with Gasteiger partial charge in [0.15, 0.2) is 0 Å². The minimum atomic E-state index is 0.847. The summed E-state index contributed by atoms with van der Waals surface area (Å²) >= 11 is 0. The van der Waals surface area contributed by atoms with Crippen molar-refractivity contribution in [3.63, 3.8) is 0 Å². The Labute approximate surface area is 104 Å². The third-order valence-electron chi connectivity index (χ3n) is 4.21. The molecule has 0 spiro atoms. The number of likely N-dealkylation sites (tertiary alicyclic amines) is 1. The summed E-state index contributed by atoms with van der Waals surface area (Å²) in [4.78, 5) is 2.65. The Kier molecular flexibility index (Phi) is 3.28. The summed E-state index contributed by atoms with van der Waals surface area (Å²) in [5.41, 5.74) is 1.47. The molecule has 1 aliphatic carbocycles. The van der Waals surface area contributed by atoms with E-state index in [0.29, 0.717) is 0 Å². The van der Waals surface area contributed by atoms with E-state index < -0.39 is 0 Å². The van der Waals surface area contributed by atoms with Crippen LogP contribution in [0.3, 0.4) is 0 Å². The van der Waals surface area contributed by atoms with Crippen LogP contribution in [0, 0.1) is 11.8 Å². The fourth-order valence-corrected chi connectivity index (χ4v) is 3.21. The number of benzene rings is 1. The lowest BCUT2D eigenvalue weighted by molar-refractivity contribution is 0.325. The summed E-state index contributed by atoms with van der Waals surface area (Å²) in [7, 11) is 0. The largest absolute Gasteiger partial charge is 0.302 e. The van der Waals surface area contributed by atoms with Gasteiger partial charge < -0.3 is 4.90 Å². The van der Waals surface area contributed by atoms with E-state index in [9.17, 15) is 0 Å². The second-order valence-corrected chi connectivity index (χ2v) is 5.42. The van der Waals surface area contributed by atoms with Crippen molar-refractivity contribution in [3.8, 4) is 0 Å². The van der Waals surface area contributed by atoms with E-state index in [2.05, 4.69) is 47.4 Å². The van der Waals surface area contributed by atoms with E-state index in [1.807, 2.05) is 0 Å². The number of hydrogen-bond donors (Lipinski definition) is 0. The Bertz CT molecular complexity index is 382. The lowest BCUT2D eigenvalue weighted by Crippen LogP contribution is -2.23. The zero-order chi connectivity index (χ0) is 11.5. The fraction of sp³-hybridized carbons (Fsp3) is 0.500. The zero-order valence-corrected chi connectivity index (χ0v) is 10.4.